The number of amides is 2. The first-order valence-corrected chi connectivity index (χ1v) is 9.37. The van der Waals surface area contributed by atoms with Gasteiger partial charge in [0.05, 0.1) is 4.90 Å². The van der Waals surface area contributed by atoms with Gasteiger partial charge in [0, 0.05) is 25.9 Å². The number of nitrogens with zero attached hydrogens (tertiary/aromatic N) is 1. The molecule has 0 radical (unpaired) electrons. The van der Waals surface area contributed by atoms with Crippen molar-refractivity contribution in [2.24, 2.45) is 0 Å². The van der Waals surface area contributed by atoms with Crippen molar-refractivity contribution in [1.29, 1.82) is 0 Å². The number of benzene rings is 1. The van der Waals surface area contributed by atoms with E-state index in [2.05, 4.69) is 15.5 Å². The molecule has 0 aliphatic carbocycles. The van der Waals surface area contributed by atoms with E-state index in [4.69, 9.17) is 0 Å². The lowest BCUT2D eigenvalue weighted by atomic mass is 10.2. The largest absolute Gasteiger partial charge is 0.337 e. The second kappa shape index (κ2) is 7.60. The highest BCUT2D eigenvalue weighted by Crippen LogP contribution is 2.10. The van der Waals surface area contributed by atoms with Gasteiger partial charge in [0.15, 0.2) is 9.84 Å². The zero-order chi connectivity index (χ0) is 16.0. The first-order valence-electron chi connectivity index (χ1n) is 7.48. The fourth-order valence-corrected chi connectivity index (χ4v) is 3.06. The molecule has 122 valence electrons. The Morgan fingerprint density at radius 1 is 1.14 bits per heavy atom. The Morgan fingerprint density at radius 3 is 2.36 bits per heavy atom. The molecule has 2 rings (SSSR count). The molecule has 1 saturated heterocycles. The van der Waals surface area contributed by atoms with Gasteiger partial charge in [0.25, 0.3) is 0 Å². The quantitative estimate of drug-likeness (QED) is 0.817. The van der Waals surface area contributed by atoms with Crippen LogP contribution in [0.25, 0.3) is 0 Å². The summed E-state index contributed by atoms with van der Waals surface area (Å²) < 4.78 is 22.7. The van der Waals surface area contributed by atoms with E-state index in [0.29, 0.717) is 13.1 Å². The zero-order valence-corrected chi connectivity index (χ0v) is 13.7. The van der Waals surface area contributed by atoms with Crippen LogP contribution in [0, 0.1) is 0 Å². The number of carbonyl (C=O) groups excluding carboxylic acids is 1. The predicted molar refractivity (Wildman–Crippen MR) is 85.5 cm³/mol. The Hall–Kier alpha value is -1.60. The third-order valence-electron chi connectivity index (χ3n) is 3.72. The Morgan fingerprint density at radius 2 is 1.77 bits per heavy atom. The van der Waals surface area contributed by atoms with Crippen LogP contribution < -0.4 is 10.6 Å². The molecule has 1 aromatic rings. The molecule has 1 aliphatic rings. The van der Waals surface area contributed by atoms with Gasteiger partial charge in [0.2, 0.25) is 0 Å². The van der Waals surface area contributed by atoms with Crippen LogP contribution in [0.2, 0.25) is 0 Å². The second-order valence-corrected chi connectivity index (χ2v) is 7.59. The van der Waals surface area contributed by atoms with E-state index in [-0.39, 0.29) is 10.9 Å². The summed E-state index contributed by atoms with van der Waals surface area (Å²) in [6, 6.07) is 6.32. The van der Waals surface area contributed by atoms with Gasteiger partial charge >= 0.3 is 6.03 Å². The Balaban J connectivity index is 1.69. The topological polar surface area (TPSA) is 78.5 Å². The molecule has 2 N–H and O–H groups in total. The first-order chi connectivity index (χ1) is 10.4. The van der Waals surface area contributed by atoms with Crippen LogP contribution in [-0.2, 0) is 16.4 Å². The molecular weight excluding hydrogens is 302 g/mol. The number of likely N-dealkylation sites (tertiary alicyclic amines) is 1. The van der Waals surface area contributed by atoms with Crippen molar-refractivity contribution in [1.82, 2.24) is 15.5 Å². The minimum absolute atomic E-state index is 0.202. The SMILES string of the molecule is CS(=O)(=O)c1ccc(CNC(=O)NCCN2CCCC2)cc1. The average Bonchev–Trinajstić information content (AvgIpc) is 2.98. The highest BCUT2D eigenvalue weighted by Gasteiger charge is 2.11. The third kappa shape index (κ3) is 5.31. The molecule has 1 heterocycles. The fraction of sp³-hybridized carbons (Fsp3) is 0.533. The smallest absolute Gasteiger partial charge is 0.315 e. The van der Waals surface area contributed by atoms with Crippen LogP contribution in [0.15, 0.2) is 29.2 Å². The van der Waals surface area contributed by atoms with Crippen LogP contribution in [0.3, 0.4) is 0 Å². The summed E-state index contributed by atoms with van der Waals surface area (Å²) in [6.45, 7) is 4.14. The van der Waals surface area contributed by atoms with E-state index in [9.17, 15) is 13.2 Å². The van der Waals surface area contributed by atoms with Gasteiger partial charge in [-0.3, -0.25) is 0 Å². The molecule has 2 amide bonds. The molecule has 0 spiro atoms. The van der Waals surface area contributed by atoms with Gasteiger partial charge in [-0.2, -0.15) is 0 Å². The van der Waals surface area contributed by atoms with Crippen molar-refractivity contribution in [3.63, 3.8) is 0 Å². The monoisotopic (exact) mass is 325 g/mol. The maximum absolute atomic E-state index is 11.7. The number of sulfone groups is 1. The molecule has 0 saturated carbocycles. The standard InChI is InChI=1S/C15H23N3O3S/c1-22(20,21)14-6-4-13(5-7-14)12-17-15(19)16-8-11-18-9-2-3-10-18/h4-7H,2-3,8-12H2,1H3,(H2,16,17,19). The molecule has 0 bridgehead atoms. The number of hydrogen-bond acceptors (Lipinski definition) is 4. The Labute approximate surface area is 131 Å². The molecule has 7 heteroatoms. The molecule has 0 atom stereocenters. The molecule has 6 nitrogen and oxygen atoms in total. The van der Waals surface area contributed by atoms with Gasteiger partial charge < -0.3 is 15.5 Å². The number of rotatable bonds is 6. The van der Waals surface area contributed by atoms with Gasteiger partial charge in [-0.15, -0.1) is 0 Å². The number of carbonyl (C=O) groups is 1. The van der Waals surface area contributed by atoms with Crippen molar-refractivity contribution in [3.05, 3.63) is 29.8 Å². The molecule has 1 aliphatic heterocycles. The van der Waals surface area contributed by atoms with E-state index in [0.717, 1.165) is 25.2 Å². The van der Waals surface area contributed by atoms with Gasteiger partial charge in [-0.25, -0.2) is 13.2 Å². The highest BCUT2D eigenvalue weighted by molar-refractivity contribution is 7.90. The minimum Gasteiger partial charge on any atom is -0.337 e. The van der Waals surface area contributed by atoms with Crippen molar-refractivity contribution < 1.29 is 13.2 Å². The maximum atomic E-state index is 11.7. The molecular formula is C15H23N3O3S. The lowest BCUT2D eigenvalue weighted by Crippen LogP contribution is -2.39. The summed E-state index contributed by atoms with van der Waals surface area (Å²) in [5.41, 5.74) is 0.863. The van der Waals surface area contributed by atoms with E-state index < -0.39 is 9.84 Å². The van der Waals surface area contributed by atoms with E-state index >= 15 is 0 Å². The summed E-state index contributed by atoms with van der Waals surface area (Å²) in [5, 5.41) is 5.59. The van der Waals surface area contributed by atoms with E-state index in [1.54, 1.807) is 24.3 Å². The fourth-order valence-electron chi connectivity index (χ4n) is 2.43. The first kappa shape index (κ1) is 16.8. The van der Waals surface area contributed by atoms with Crippen LogP contribution in [-0.4, -0.2) is 51.8 Å². The van der Waals surface area contributed by atoms with Crippen molar-refractivity contribution in [3.8, 4) is 0 Å². The van der Waals surface area contributed by atoms with Crippen molar-refractivity contribution in [2.45, 2.75) is 24.3 Å². The van der Waals surface area contributed by atoms with Crippen LogP contribution in [0.4, 0.5) is 4.79 Å². The van der Waals surface area contributed by atoms with Gasteiger partial charge in [-0.1, -0.05) is 12.1 Å². The lowest BCUT2D eigenvalue weighted by molar-refractivity contribution is 0.238. The molecule has 22 heavy (non-hydrogen) atoms. The van der Waals surface area contributed by atoms with Crippen molar-refractivity contribution in [2.75, 3.05) is 32.4 Å². The minimum atomic E-state index is -3.18. The normalized spacial score (nSPS) is 15.7. The lowest BCUT2D eigenvalue weighted by Gasteiger charge is -2.15. The Kier molecular flexibility index (Phi) is 5.79. The van der Waals surface area contributed by atoms with Crippen LogP contribution in [0.1, 0.15) is 18.4 Å². The molecule has 0 aromatic heterocycles. The van der Waals surface area contributed by atoms with Gasteiger partial charge in [-0.05, 0) is 43.6 Å². The molecule has 0 unspecified atom stereocenters. The third-order valence-corrected chi connectivity index (χ3v) is 4.85. The molecule has 1 fully saturated rings. The van der Waals surface area contributed by atoms with Crippen LogP contribution >= 0.6 is 0 Å². The predicted octanol–water partition coefficient (Wildman–Crippen LogP) is 0.985. The maximum Gasteiger partial charge on any atom is 0.315 e. The zero-order valence-electron chi connectivity index (χ0n) is 12.8. The number of hydrogen-bond donors (Lipinski definition) is 2. The summed E-state index contributed by atoms with van der Waals surface area (Å²) in [6.07, 6.45) is 3.67. The summed E-state index contributed by atoms with van der Waals surface area (Å²) in [5.74, 6) is 0. The highest BCUT2D eigenvalue weighted by atomic mass is 32.2. The number of nitrogens with one attached hydrogen (secondary N) is 2. The number of urea groups is 1. The second-order valence-electron chi connectivity index (χ2n) is 5.57. The van der Waals surface area contributed by atoms with Gasteiger partial charge in [0.1, 0.15) is 0 Å². The summed E-state index contributed by atoms with van der Waals surface area (Å²) >= 11 is 0. The molecule has 1 aromatic carbocycles. The summed E-state index contributed by atoms with van der Waals surface area (Å²) in [4.78, 5) is 14.3. The average molecular weight is 325 g/mol. The van der Waals surface area contributed by atoms with E-state index in [1.807, 2.05) is 0 Å². The van der Waals surface area contributed by atoms with E-state index in [1.165, 1.54) is 19.1 Å². The summed E-state index contributed by atoms with van der Waals surface area (Å²) in [7, 11) is -3.18. The Bertz CT molecular complexity index is 593. The van der Waals surface area contributed by atoms with Crippen molar-refractivity contribution >= 4 is 15.9 Å². The van der Waals surface area contributed by atoms with Crippen LogP contribution in [0.5, 0.6) is 0 Å².